The van der Waals surface area contributed by atoms with Gasteiger partial charge in [-0.1, -0.05) is 0 Å². The van der Waals surface area contributed by atoms with Gasteiger partial charge in [0.1, 0.15) is 4.88 Å². The van der Waals surface area contributed by atoms with E-state index in [0.29, 0.717) is 17.7 Å². The summed E-state index contributed by atoms with van der Waals surface area (Å²) in [5.41, 5.74) is 0. The molecule has 80 valence electrons. The van der Waals surface area contributed by atoms with E-state index in [0.717, 1.165) is 17.4 Å². The number of alkyl halides is 3. The molecule has 0 radical (unpaired) electrons. The summed E-state index contributed by atoms with van der Waals surface area (Å²) in [5, 5.41) is 8.96. The van der Waals surface area contributed by atoms with E-state index in [4.69, 9.17) is 5.11 Å². The highest BCUT2D eigenvalue weighted by Gasteiger charge is 2.32. The van der Waals surface area contributed by atoms with Gasteiger partial charge in [0, 0.05) is 4.88 Å². The van der Waals surface area contributed by atoms with Crippen LogP contribution >= 0.6 is 11.3 Å². The van der Waals surface area contributed by atoms with Crippen LogP contribution in [0, 0.1) is 0 Å². The molecular weight excluding hydrogens is 213 g/mol. The number of hydrogen-bond acceptors (Lipinski definition) is 2. The van der Waals surface area contributed by atoms with Crippen LogP contribution in [-0.2, 0) is 12.6 Å². The molecule has 1 heterocycles. The molecule has 14 heavy (non-hydrogen) atoms. The smallest absolute Gasteiger partial charge is 0.393 e. The van der Waals surface area contributed by atoms with Crippen molar-refractivity contribution in [3.8, 4) is 0 Å². The third kappa shape index (κ3) is 3.31. The van der Waals surface area contributed by atoms with Crippen molar-refractivity contribution in [1.29, 1.82) is 0 Å². The van der Waals surface area contributed by atoms with Crippen molar-refractivity contribution in [2.24, 2.45) is 0 Å². The fraction of sp³-hybridized carbons (Fsp3) is 0.556. The van der Waals surface area contributed by atoms with Gasteiger partial charge in [0.2, 0.25) is 0 Å². The molecule has 0 saturated carbocycles. The Morgan fingerprint density at radius 2 is 2.07 bits per heavy atom. The molecule has 1 aromatic heterocycles. The van der Waals surface area contributed by atoms with Crippen LogP contribution in [-0.4, -0.2) is 11.2 Å². The number of halogens is 3. The lowest BCUT2D eigenvalue weighted by molar-refractivity contribution is -0.134. The van der Waals surface area contributed by atoms with Gasteiger partial charge in [-0.3, -0.25) is 0 Å². The molecule has 1 N–H and O–H groups in total. The van der Waals surface area contributed by atoms with Gasteiger partial charge in [-0.2, -0.15) is 13.2 Å². The van der Waals surface area contributed by atoms with Crippen LogP contribution in [0.4, 0.5) is 13.2 Å². The minimum absolute atomic E-state index is 0.466. The normalized spacial score (nSPS) is 14.4. The van der Waals surface area contributed by atoms with Crippen LogP contribution in [0.5, 0.6) is 0 Å². The zero-order chi connectivity index (χ0) is 10.8. The average molecular weight is 224 g/mol. The number of rotatable bonds is 3. The first-order valence-corrected chi connectivity index (χ1v) is 5.05. The van der Waals surface area contributed by atoms with Gasteiger partial charge in [0.05, 0.1) is 6.10 Å². The number of thiophene rings is 1. The largest absolute Gasteiger partial charge is 0.425 e. The van der Waals surface area contributed by atoms with Crippen LogP contribution in [0.1, 0.15) is 23.1 Å². The molecule has 1 rings (SSSR count). The van der Waals surface area contributed by atoms with Gasteiger partial charge in [0.25, 0.3) is 0 Å². The summed E-state index contributed by atoms with van der Waals surface area (Å²) in [6, 6.07) is 2.55. The number of aryl methyl sites for hydroxylation is 1. The maximum absolute atomic E-state index is 12.2. The lowest BCUT2D eigenvalue weighted by atomic mass is 10.2. The van der Waals surface area contributed by atoms with Crippen LogP contribution in [0.2, 0.25) is 0 Å². The minimum atomic E-state index is -4.24. The Bertz CT molecular complexity index is 290. The van der Waals surface area contributed by atoms with E-state index >= 15 is 0 Å². The molecule has 1 nitrogen and oxygen atoms in total. The highest BCUT2D eigenvalue weighted by molar-refractivity contribution is 7.12. The SMILES string of the molecule is CC(O)CCc1ccc(C(F)(F)F)s1. The molecule has 0 aliphatic rings. The molecule has 0 aromatic carbocycles. The van der Waals surface area contributed by atoms with Gasteiger partial charge in [0.15, 0.2) is 0 Å². The first kappa shape index (κ1) is 11.5. The molecule has 1 unspecified atom stereocenters. The van der Waals surface area contributed by atoms with Gasteiger partial charge in [-0.25, -0.2) is 0 Å². The van der Waals surface area contributed by atoms with Crippen LogP contribution < -0.4 is 0 Å². The Kier molecular flexibility index (Phi) is 3.55. The maximum Gasteiger partial charge on any atom is 0.425 e. The van der Waals surface area contributed by atoms with Crippen LogP contribution in [0.15, 0.2) is 12.1 Å². The highest BCUT2D eigenvalue weighted by Crippen LogP contribution is 2.34. The molecule has 0 amide bonds. The molecule has 0 saturated heterocycles. The third-order valence-corrected chi connectivity index (χ3v) is 2.94. The summed E-state index contributed by atoms with van der Waals surface area (Å²) in [6.45, 7) is 1.62. The van der Waals surface area contributed by atoms with Crippen molar-refractivity contribution in [2.75, 3.05) is 0 Å². The zero-order valence-electron chi connectivity index (χ0n) is 7.64. The van der Waals surface area contributed by atoms with Gasteiger partial charge < -0.3 is 5.11 Å². The first-order chi connectivity index (χ1) is 6.39. The molecule has 5 heteroatoms. The topological polar surface area (TPSA) is 20.2 Å². The number of aliphatic hydroxyl groups excluding tert-OH is 1. The average Bonchev–Trinajstić information content (AvgIpc) is 2.47. The Morgan fingerprint density at radius 1 is 1.43 bits per heavy atom. The molecule has 0 fully saturated rings. The fourth-order valence-electron chi connectivity index (χ4n) is 1.02. The second-order valence-corrected chi connectivity index (χ2v) is 4.32. The minimum Gasteiger partial charge on any atom is -0.393 e. The third-order valence-electron chi connectivity index (χ3n) is 1.75. The molecular formula is C9H11F3OS. The quantitative estimate of drug-likeness (QED) is 0.836. The van der Waals surface area contributed by atoms with Crippen molar-refractivity contribution in [1.82, 2.24) is 0 Å². The van der Waals surface area contributed by atoms with Crippen LogP contribution in [0.25, 0.3) is 0 Å². The van der Waals surface area contributed by atoms with E-state index < -0.39 is 17.2 Å². The zero-order valence-corrected chi connectivity index (χ0v) is 8.45. The summed E-state index contributed by atoms with van der Waals surface area (Å²) in [6.07, 6.45) is -3.71. The molecule has 0 spiro atoms. The standard InChI is InChI=1S/C9H11F3OS/c1-6(13)2-3-7-4-5-8(14-7)9(10,11)12/h4-6,13H,2-3H2,1H3. The highest BCUT2D eigenvalue weighted by atomic mass is 32.1. The Labute approximate surface area is 84.2 Å². The Hall–Kier alpha value is -0.550. The Morgan fingerprint density at radius 3 is 2.50 bits per heavy atom. The second kappa shape index (κ2) is 4.31. The van der Waals surface area contributed by atoms with Crippen molar-refractivity contribution in [3.05, 3.63) is 21.9 Å². The number of aliphatic hydroxyl groups is 1. The lowest BCUT2D eigenvalue weighted by Gasteiger charge is -2.02. The fourth-order valence-corrected chi connectivity index (χ4v) is 1.91. The summed E-state index contributed by atoms with van der Waals surface area (Å²) in [4.78, 5) is 0.0938. The van der Waals surface area contributed by atoms with Crippen molar-refractivity contribution in [2.45, 2.75) is 32.0 Å². The van der Waals surface area contributed by atoms with Gasteiger partial charge >= 0.3 is 6.18 Å². The van der Waals surface area contributed by atoms with E-state index in [1.54, 1.807) is 6.92 Å². The molecule has 0 aliphatic heterocycles. The first-order valence-electron chi connectivity index (χ1n) is 4.23. The van der Waals surface area contributed by atoms with Gasteiger partial charge in [-0.15, -0.1) is 11.3 Å². The summed E-state index contributed by atoms with van der Waals surface area (Å²) in [5.74, 6) is 0. The molecule has 0 bridgehead atoms. The monoisotopic (exact) mass is 224 g/mol. The van der Waals surface area contributed by atoms with E-state index in [1.165, 1.54) is 6.07 Å². The predicted octanol–water partition coefficient (Wildman–Crippen LogP) is 3.08. The van der Waals surface area contributed by atoms with Crippen molar-refractivity contribution in [3.63, 3.8) is 0 Å². The van der Waals surface area contributed by atoms with E-state index in [9.17, 15) is 13.2 Å². The molecule has 1 aromatic rings. The summed E-state index contributed by atoms with van der Waals surface area (Å²) in [7, 11) is 0. The lowest BCUT2D eigenvalue weighted by Crippen LogP contribution is -2.01. The van der Waals surface area contributed by atoms with Gasteiger partial charge in [-0.05, 0) is 31.9 Å². The van der Waals surface area contributed by atoms with E-state index in [-0.39, 0.29) is 0 Å². The predicted molar refractivity (Wildman–Crippen MR) is 49.3 cm³/mol. The van der Waals surface area contributed by atoms with Crippen molar-refractivity contribution >= 4 is 11.3 Å². The van der Waals surface area contributed by atoms with Crippen molar-refractivity contribution < 1.29 is 18.3 Å². The summed E-state index contributed by atoms with van der Waals surface area (Å²) < 4.78 is 36.5. The Balaban J connectivity index is 2.60. The number of hydrogen-bond donors (Lipinski definition) is 1. The van der Waals surface area contributed by atoms with E-state index in [1.807, 2.05) is 0 Å². The maximum atomic E-state index is 12.2. The van der Waals surface area contributed by atoms with E-state index in [2.05, 4.69) is 0 Å². The summed E-state index contributed by atoms with van der Waals surface area (Å²) >= 11 is 0.746. The molecule has 1 atom stereocenters. The second-order valence-electron chi connectivity index (χ2n) is 3.15. The van der Waals surface area contributed by atoms with Crippen LogP contribution in [0.3, 0.4) is 0 Å². The molecule has 0 aliphatic carbocycles.